The second-order valence-electron chi connectivity index (χ2n) is 4.19. The molecule has 1 unspecified atom stereocenters. The van der Waals surface area contributed by atoms with Crippen LogP contribution < -0.4 is 0 Å². The van der Waals surface area contributed by atoms with E-state index in [0.29, 0.717) is 6.42 Å². The second kappa shape index (κ2) is 4.94. The van der Waals surface area contributed by atoms with Gasteiger partial charge in [-0.2, -0.15) is 5.26 Å². The maximum Gasteiger partial charge on any atom is 0.154 e. The molecule has 0 bridgehead atoms. The fourth-order valence-corrected chi connectivity index (χ4v) is 2.15. The zero-order chi connectivity index (χ0) is 12.3. The molecular formula is C14H17NO. The smallest absolute Gasteiger partial charge is 0.154 e. The predicted molar refractivity (Wildman–Crippen MR) is 64.3 cm³/mol. The van der Waals surface area contributed by atoms with Crippen LogP contribution >= 0.6 is 0 Å². The van der Waals surface area contributed by atoms with Gasteiger partial charge in [-0.25, -0.2) is 0 Å². The van der Waals surface area contributed by atoms with Crippen LogP contribution in [0.3, 0.4) is 0 Å². The molecule has 1 aromatic carbocycles. The van der Waals surface area contributed by atoms with Gasteiger partial charge in [-0.05, 0) is 37.5 Å². The molecule has 0 saturated heterocycles. The van der Waals surface area contributed by atoms with Crippen molar-refractivity contribution >= 4 is 5.78 Å². The number of aryl methyl sites for hydroxylation is 3. The number of ketones is 1. The van der Waals surface area contributed by atoms with Gasteiger partial charge in [0.25, 0.3) is 0 Å². The molecule has 16 heavy (non-hydrogen) atoms. The van der Waals surface area contributed by atoms with Gasteiger partial charge in [-0.3, -0.25) is 4.79 Å². The zero-order valence-corrected chi connectivity index (χ0v) is 10.3. The van der Waals surface area contributed by atoms with Crippen LogP contribution in [0.5, 0.6) is 0 Å². The lowest BCUT2D eigenvalue weighted by Gasteiger charge is -2.14. The first-order chi connectivity index (χ1) is 7.51. The third-order valence-electron chi connectivity index (χ3n) is 2.83. The molecule has 84 valence electrons. The van der Waals surface area contributed by atoms with Crippen molar-refractivity contribution in [2.24, 2.45) is 0 Å². The summed E-state index contributed by atoms with van der Waals surface area (Å²) in [6.07, 6.45) is 0.408. The fourth-order valence-electron chi connectivity index (χ4n) is 2.15. The van der Waals surface area contributed by atoms with Crippen LogP contribution in [-0.4, -0.2) is 5.78 Å². The summed E-state index contributed by atoms with van der Waals surface area (Å²) in [6, 6.07) is 6.17. The van der Waals surface area contributed by atoms with Crippen LogP contribution in [0.25, 0.3) is 0 Å². The summed E-state index contributed by atoms with van der Waals surface area (Å²) in [5.74, 6) is -0.608. The molecule has 0 aliphatic carbocycles. The topological polar surface area (TPSA) is 40.9 Å². The molecule has 0 spiro atoms. The summed E-state index contributed by atoms with van der Waals surface area (Å²) in [4.78, 5) is 11.7. The first-order valence-corrected chi connectivity index (χ1v) is 5.51. The zero-order valence-electron chi connectivity index (χ0n) is 10.3. The van der Waals surface area contributed by atoms with E-state index in [1.165, 1.54) is 5.56 Å². The van der Waals surface area contributed by atoms with E-state index in [1.54, 1.807) is 6.92 Å². The third-order valence-corrected chi connectivity index (χ3v) is 2.83. The number of carbonyl (C=O) groups is 1. The highest BCUT2D eigenvalue weighted by Crippen LogP contribution is 2.26. The normalized spacial score (nSPS) is 11.9. The molecule has 0 saturated carbocycles. The third kappa shape index (κ3) is 2.30. The number of carbonyl (C=O) groups excluding carboxylic acids is 1. The van der Waals surface area contributed by atoms with Crippen LogP contribution in [0.2, 0.25) is 0 Å². The van der Waals surface area contributed by atoms with Crippen LogP contribution in [-0.2, 0) is 4.79 Å². The molecule has 1 rings (SSSR count). The number of hydrogen-bond donors (Lipinski definition) is 0. The second-order valence-corrected chi connectivity index (χ2v) is 4.19. The molecule has 2 heteroatoms. The quantitative estimate of drug-likeness (QED) is 0.776. The van der Waals surface area contributed by atoms with Crippen LogP contribution in [0.15, 0.2) is 12.1 Å². The standard InChI is InChI=1S/C14H17NO/c1-5-13(16)12(8-15)14-10(3)6-9(2)7-11(14)4/h6-7,12H,5H2,1-4H3. The van der Waals surface area contributed by atoms with E-state index in [2.05, 4.69) is 6.07 Å². The van der Waals surface area contributed by atoms with Crippen LogP contribution in [0.1, 0.15) is 41.5 Å². The average Bonchev–Trinajstić information content (AvgIpc) is 2.22. The molecule has 2 nitrogen and oxygen atoms in total. The van der Waals surface area contributed by atoms with E-state index in [0.717, 1.165) is 16.7 Å². The van der Waals surface area contributed by atoms with Crippen LogP contribution in [0.4, 0.5) is 0 Å². The van der Waals surface area contributed by atoms with Crippen molar-refractivity contribution in [3.63, 3.8) is 0 Å². The molecule has 0 N–H and O–H groups in total. The monoisotopic (exact) mass is 215 g/mol. The minimum atomic E-state index is -0.606. The van der Waals surface area contributed by atoms with E-state index >= 15 is 0 Å². The van der Waals surface area contributed by atoms with E-state index in [9.17, 15) is 4.79 Å². The van der Waals surface area contributed by atoms with Gasteiger partial charge in [0.05, 0.1) is 6.07 Å². The summed E-state index contributed by atoms with van der Waals surface area (Å²) < 4.78 is 0. The SMILES string of the molecule is CCC(=O)C(C#N)c1c(C)cc(C)cc1C. The highest BCUT2D eigenvalue weighted by molar-refractivity contribution is 5.88. The minimum absolute atomic E-state index is 0.00227. The Hall–Kier alpha value is -1.62. The largest absolute Gasteiger partial charge is 0.298 e. The van der Waals surface area contributed by atoms with Gasteiger partial charge >= 0.3 is 0 Å². The summed E-state index contributed by atoms with van der Waals surface area (Å²) in [5, 5.41) is 9.13. The van der Waals surface area contributed by atoms with Gasteiger partial charge in [-0.15, -0.1) is 0 Å². The lowest BCUT2D eigenvalue weighted by atomic mass is 9.87. The molecule has 0 heterocycles. The Kier molecular flexibility index (Phi) is 3.84. The number of rotatable bonds is 3. The van der Waals surface area contributed by atoms with Gasteiger partial charge < -0.3 is 0 Å². The summed E-state index contributed by atoms with van der Waals surface area (Å²) in [6.45, 7) is 7.74. The number of nitrogens with zero attached hydrogens (tertiary/aromatic N) is 1. The van der Waals surface area contributed by atoms with Crippen molar-refractivity contribution in [1.82, 2.24) is 0 Å². The van der Waals surface area contributed by atoms with Gasteiger partial charge in [0, 0.05) is 6.42 Å². The molecule has 0 aromatic heterocycles. The first-order valence-electron chi connectivity index (χ1n) is 5.51. The number of Topliss-reactive ketones (excluding diaryl/α,β-unsaturated/α-hetero) is 1. The van der Waals surface area contributed by atoms with E-state index < -0.39 is 5.92 Å². The number of nitriles is 1. The highest BCUT2D eigenvalue weighted by atomic mass is 16.1. The molecule has 1 aromatic rings. The predicted octanol–water partition coefficient (Wildman–Crippen LogP) is 3.20. The molecule has 0 fully saturated rings. The van der Waals surface area contributed by atoms with Crippen molar-refractivity contribution in [3.8, 4) is 6.07 Å². The Bertz CT molecular complexity index is 431. The molecule has 0 aliphatic heterocycles. The molecule has 0 amide bonds. The molecule has 0 radical (unpaired) electrons. The lowest BCUT2D eigenvalue weighted by Crippen LogP contribution is -2.12. The average molecular weight is 215 g/mol. The van der Waals surface area contributed by atoms with Crippen molar-refractivity contribution < 1.29 is 4.79 Å². The minimum Gasteiger partial charge on any atom is -0.298 e. The maximum absolute atomic E-state index is 11.7. The number of hydrogen-bond acceptors (Lipinski definition) is 2. The molecular weight excluding hydrogens is 198 g/mol. The van der Waals surface area contributed by atoms with Crippen molar-refractivity contribution in [1.29, 1.82) is 5.26 Å². The van der Waals surface area contributed by atoms with Gasteiger partial charge in [0.1, 0.15) is 5.92 Å². The van der Waals surface area contributed by atoms with Crippen molar-refractivity contribution in [3.05, 3.63) is 34.4 Å². The Balaban J connectivity index is 3.32. The highest BCUT2D eigenvalue weighted by Gasteiger charge is 2.22. The van der Waals surface area contributed by atoms with Crippen molar-refractivity contribution in [2.75, 3.05) is 0 Å². The summed E-state index contributed by atoms with van der Waals surface area (Å²) in [7, 11) is 0. The van der Waals surface area contributed by atoms with Crippen molar-refractivity contribution in [2.45, 2.75) is 40.0 Å². The summed E-state index contributed by atoms with van der Waals surface area (Å²) >= 11 is 0. The molecule has 1 atom stereocenters. The Morgan fingerprint density at radius 2 is 1.81 bits per heavy atom. The van der Waals surface area contributed by atoms with Gasteiger partial charge in [0.15, 0.2) is 5.78 Å². The van der Waals surface area contributed by atoms with Crippen LogP contribution in [0, 0.1) is 32.1 Å². The Morgan fingerprint density at radius 1 is 1.31 bits per heavy atom. The van der Waals surface area contributed by atoms with Gasteiger partial charge in [-0.1, -0.05) is 24.6 Å². The summed E-state index contributed by atoms with van der Waals surface area (Å²) in [5.41, 5.74) is 4.12. The maximum atomic E-state index is 11.7. The number of benzene rings is 1. The molecule has 0 aliphatic rings. The Morgan fingerprint density at radius 3 is 2.19 bits per heavy atom. The fraction of sp³-hybridized carbons (Fsp3) is 0.429. The van der Waals surface area contributed by atoms with E-state index in [-0.39, 0.29) is 5.78 Å². The Labute approximate surface area is 96.9 Å². The van der Waals surface area contributed by atoms with E-state index in [1.807, 2.05) is 32.9 Å². The first kappa shape index (κ1) is 12.4. The van der Waals surface area contributed by atoms with Gasteiger partial charge in [0.2, 0.25) is 0 Å². The lowest BCUT2D eigenvalue weighted by molar-refractivity contribution is -0.119. The van der Waals surface area contributed by atoms with E-state index in [4.69, 9.17) is 5.26 Å².